The third-order valence-corrected chi connectivity index (χ3v) is 5.82. The van der Waals surface area contributed by atoms with Crippen molar-refractivity contribution in [2.75, 3.05) is 0 Å². The molecule has 0 aliphatic carbocycles. The second kappa shape index (κ2) is 10.2. The van der Waals surface area contributed by atoms with Crippen LogP contribution in [0.25, 0.3) is 22.3 Å². The van der Waals surface area contributed by atoms with Crippen LogP contribution in [0.2, 0.25) is 0 Å². The maximum atomic E-state index is 13.4. The number of carboxylic acid groups (broad SMARTS) is 1. The van der Waals surface area contributed by atoms with Gasteiger partial charge in [-0.15, -0.1) is 0 Å². The highest BCUT2D eigenvalue weighted by Crippen LogP contribution is 2.43. The van der Waals surface area contributed by atoms with Crippen molar-refractivity contribution in [1.82, 2.24) is 0 Å². The van der Waals surface area contributed by atoms with Crippen molar-refractivity contribution in [2.24, 2.45) is 0 Å². The molecule has 0 saturated carbocycles. The summed E-state index contributed by atoms with van der Waals surface area (Å²) in [6, 6.07) is 3.61. The molecule has 1 aliphatic rings. The second-order valence-electron chi connectivity index (χ2n) is 8.62. The number of phenolic OH excluding ortho intramolecular Hbond substituents is 5. The van der Waals surface area contributed by atoms with Gasteiger partial charge in [-0.1, -0.05) is 0 Å². The number of fused-ring (bicyclic) bond motifs is 1. The zero-order chi connectivity index (χ0) is 28.8. The van der Waals surface area contributed by atoms with Gasteiger partial charge in [-0.25, -0.2) is 0 Å². The van der Waals surface area contributed by atoms with Gasteiger partial charge in [0.1, 0.15) is 41.1 Å². The Bertz CT molecular complexity index is 1490. The highest BCUT2D eigenvalue weighted by atomic mass is 16.7. The van der Waals surface area contributed by atoms with E-state index in [4.69, 9.17) is 23.7 Å². The number of hydrogen-bond acceptors (Lipinski definition) is 14. The fraction of sp³-hybridized carbons (Fsp3) is 0.292. The van der Waals surface area contributed by atoms with E-state index < -0.39 is 100 Å². The van der Waals surface area contributed by atoms with E-state index in [0.717, 1.165) is 24.3 Å². The zero-order valence-corrected chi connectivity index (χ0v) is 19.8. The van der Waals surface area contributed by atoms with Crippen LogP contribution in [-0.4, -0.2) is 83.5 Å². The number of rotatable bonds is 6. The third-order valence-electron chi connectivity index (χ3n) is 5.82. The molecule has 4 rings (SSSR count). The van der Waals surface area contributed by atoms with Crippen molar-refractivity contribution in [3.05, 3.63) is 34.5 Å². The Balaban J connectivity index is 1.78. The molecule has 0 amide bonds. The lowest BCUT2D eigenvalue weighted by Crippen LogP contribution is -2.59. The number of carboxylic acids is 1. The van der Waals surface area contributed by atoms with Crippen LogP contribution in [-0.2, 0) is 19.1 Å². The molecular weight excluding hydrogens is 528 g/mol. The smallest absolute Gasteiger partial charge is 0.317 e. The number of aromatic hydroxyl groups is 5. The number of ether oxygens (including phenoxy) is 3. The lowest BCUT2D eigenvalue weighted by atomic mass is 9.99. The van der Waals surface area contributed by atoms with Crippen LogP contribution in [0, 0.1) is 0 Å². The monoisotopic (exact) mass is 550 g/mol. The maximum absolute atomic E-state index is 13.4. The molecule has 8 N–H and O–H groups in total. The first-order valence-electron chi connectivity index (χ1n) is 11.2. The number of aliphatic hydroxyl groups excluding tert-OH is 2. The number of esters is 1. The molecule has 0 radical (unpaired) electrons. The van der Waals surface area contributed by atoms with Crippen molar-refractivity contribution in [2.45, 2.75) is 44.1 Å². The Morgan fingerprint density at radius 3 is 2.21 bits per heavy atom. The molecule has 1 aliphatic heterocycles. The third kappa shape index (κ3) is 5.18. The van der Waals surface area contributed by atoms with Crippen molar-refractivity contribution in [3.8, 4) is 45.8 Å². The minimum atomic E-state index is -1.98. The first-order valence-corrected chi connectivity index (χ1v) is 11.2. The van der Waals surface area contributed by atoms with Crippen molar-refractivity contribution < 1.29 is 69.1 Å². The molecule has 0 spiro atoms. The molecule has 5 atom stereocenters. The lowest BCUT2D eigenvalue weighted by molar-refractivity contribution is -0.272. The molecule has 3 aromatic rings. The summed E-state index contributed by atoms with van der Waals surface area (Å²) in [5.74, 6) is -7.68. The highest BCUT2D eigenvalue weighted by Gasteiger charge is 2.47. The van der Waals surface area contributed by atoms with Gasteiger partial charge in [0, 0.05) is 17.7 Å². The molecule has 1 fully saturated rings. The van der Waals surface area contributed by atoms with Crippen LogP contribution in [0.3, 0.4) is 0 Å². The standard InChI is InChI=1S/C24H22O15/c1-7-21(38-15(31)6-14(29)30)19(34)20(35)24(36-7)39-23-18(33)16-10(26)4-9(25)5-13(16)37-22(23)8-2-11(27)17(32)12(28)3-8/h2-5,7,19-21,24-28,32,34-35H,6H2,1H3,(H,29,30)/t7-,19+,20-,21-,24-/m0/s1. The van der Waals surface area contributed by atoms with Gasteiger partial charge in [0.15, 0.2) is 29.1 Å². The van der Waals surface area contributed by atoms with E-state index in [1.807, 2.05) is 0 Å². The quantitative estimate of drug-likeness (QED) is 0.116. The van der Waals surface area contributed by atoms with Crippen LogP contribution in [0.15, 0.2) is 33.5 Å². The van der Waals surface area contributed by atoms with Crippen molar-refractivity contribution in [1.29, 1.82) is 0 Å². The Morgan fingerprint density at radius 1 is 0.949 bits per heavy atom. The Labute approximate surface area is 216 Å². The molecule has 0 unspecified atom stereocenters. The first-order chi connectivity index (χ1) is 18.3. The molecule has 15 heteroatoms. The summed E-state index contributed by atoms with van der Waals surface area (Å²) >= 11 is 0. The van der Waals surface area contributed by atoms with E-state index in [9.17, 15) is 50.1 Å². The minimum Gasteiger partial charge on any atom is -0.508 e. The largest absolute Gasteiger partial charge is 0.508 e. The van der Waals surface area contributed by atoms with Crippen molar-refractivity contribution in [3.63, 3.8) is 0 Å². The first kappa shape index (κ1) is 27.3. The fourth-order valence-corrected chi connectivity index (χ4v) is 4.00. The van der Waals surface area contributed by atoms with Gasteiger partial charge in [-0.2, -0.15) is 0 Å². The summed E-state index contributed by atoms with van der Waals surface area (Å²) < 4.78 is 21.6. The SMILES string of the molecule is C[C@@H]1O[C@@H](Oc2c(-c3cc(O)c(O)c(O)c3)oc3cc(O)cc(O)c3c2=O)[C@@H](O)[C@@H](O)[C@H]1OC(=O)CC(=O)O. The molecule has 1 aromatic heterocycles. The van der Waals surface area contributed by atoms with Gasteiger partial charge in [-0.3, -0.25) is 14.4 Å². The zero-order valence-electron chi connectivity index (χ0n) is 19.8. The fourth-order valence-electron chi connectivity index (χ4n) is 4.00. The van der Waals surface area contributed by atoms with Gasteiger partial charge in [-0.05, 0) is 19.1 Å². The Morgan fingerprint density at radius 2 is 1.59 bits per heavy atom. The molecular formula is C24H22O15. The van der Waals surface area contributed by atoms with Crippen molar-refractivity contribution >= 4 is 22.9 Å². The van der Waals surface area contributed by atoms with E-state index in [1.165, 1.54) is 6.92 Å². The molecule has 2 aromatic carbocycles. The molecule has 15 nitrogen and oxygen atoms in total. The number of carbonyl (C=O) groups is 2. The summed E-state index contributed by atoms with van der Waals surface area (Å²) in [6.07, 6.45) is -9.42. The summed E-state index contributed by atoms with van der Waals surface area (Å²) in [5, 5.41) is 79.2. The summed E-state index contributed by atoms with van der Waals surface area (Å²) in [7, 11) is 0. The van der Waals surface area contributed by atoms with Crippen LogP contribution < -0.4 is 10.2 Å². The average Bonchev–Trinajstić information content (AvgIpc) is 2.83. The van der Waals surface area contributed by atoms with Crippen LogP contribution in [0.5, 0.6) is 34.5 Å². The highest BCUT2D eigenvalue weighted by molar-refractivity contribution is 5.90. The number of aliphatic carboxylic acids is 1. The number of benzene rings is 2. The predicted octanol–water partition coefficient (Wildman–Crippen LogP) is 0.220. The number of hydrogen-bond donors (Lipinski definition) is 8. The predicted molar refractivity (Wildman–Crippen MR) is 125 cm³/mol. The summed E-state index contributed by atoms with van der Waals surface area (Å²) in [6.45, 7) is 1.30. The van der Waals surface area contributed by atoms with Gasteiger partial charge in [0.25, 0.3) is 0 Å². The average molecular weight is 550 g/mol. The molecule has 0 bridgehead atoms. The molecule has 39 heavy (non-hydrogen) atoms. The van der Waals surface area contributed by atoms with E-state index in [0.29, 0.717) is 0 Å². The second-order valence-corrected chi connectivity index (χ2v) is 8.62. The number of phenols is 5. The minimum absolute atomic E-state index is 0.237. The number of carbonyl (C=O) groups excluding carboxylic acids is 1. The van der Waals surface area contributed by atoms with Gasteiger partial charge >= 0.3 is 11.9 Å². The summed E-state index contributed by atoms with van der Waals surface area (Å²) in [4.78, 5) is 35.9. The topological polar surface area (TPSA) is 254 Å². The molecule has 208 valence electrons. The van der Waals surface area contributed by atoms with Gasteiger partial charge in [0.05, 0.1) is 6.10 Å². The van der Waals surface area contributed by atoms with E-state index in [2.05, 4.69) is 0 Å². The van der Waals surface area contributed by atoms with Gasteiger partial charge < -0.3 is 59.5 Å². The summed E-state index contributed by atoms with van der Waals surface area (Å²) in [5.41, 5.74) is -1.65. The maximum Gasteiger partial charge on any atom is 0.317 e. The van der Waals surface area contributed by atoms with Crippen LogP contribution in [0.4, 0.5) is 0 Å². The Kier molecular flexibility index (Phi) is 7.14. The molecule has 2 heterocycles. The van der Waals surface area contributed by atoms with E-state index in [-0.39, 0.29) is 11.1 Å². The Hall–Kier alpha value is -4.73. The lowest BCUT2D eigenvalue weighted by Gasteiger charge is -2.40. The van der Waals surface area contributed by atoms with Gasteiger partial charge in [0.2, 0.25) is 17.5 Å². The van der Waals surface area contributed by atoms with E-state index in [1.54, 1.807) is 0 Å². The molecule has 1 saturated heterocycles. The number of aliphatic hydroxyl groups is 2. The normalized spacial score (nSPS) is 22.9. The van der Waals surface area contributed by atoms with E-state index >= 15 is 0 Å². The van der Waals surface area contributed by atoms with Crippen LogP contribution in [0.1, 0.15) is 13.3 Å². The van der Waals surface area contributed by atoms with Crippen LogP contribution >= 0.6 is 0 Å².